The van der Waals surface area contributed by atoms with Crippen LogP contribution < -0.4 is 10.6 Å². The number of H-pyrrole nitrogens is 2. The number of aromatic nitrogens is 6. The van der Waals surface area contributed by atoms with E-state index >= 15 is 0 Å². The Hall–Kier alpha value is -4.96. The smallest absolute Gasteiger partial charge is 0.224 e. The first-order chi connectivity index (χ1) is 20.1. The summed E-state index contributed by atoms with van der Waals surface area (Å²) >= 11 is 0. The summed E-state index contributed by atoms with van der Waals surface area (Å²) in [5, 5.41) is 15.6. The molecule has 0 radical (unpaired) electrons. The highest BCUT2D eigenvalue weighted by atomic mass is 19.1. The van der Waals surface area contributed by atoms with E-state index in [1.165, 1.54) is 12.1 Å². The van der Waals surface area contributed by atoms with Gasteiger partial charge in [-0.2, -0.15) is 5.10 Å². The molecule has 204 valence electrons. The molecular formula is C31H27FN8O. The van der Waals surface area contributed by atoms with E-state index in [4.69, 9.17) is 0 Å². The zero-order chi connectivity index (χ0) is 27.8. The average molecular weight is 547 g/mol. The van der Waals surface area contributed by atoms with Gasteiger partial charge in [-0.05, 0) is 80.4 Å². The van der Waals surface area contributed by atoms with Crippen molar-refractivity contribution in [2.24, 2.45) is 5.92 Å². The summed E-state index contributed by atoms with van der Waals surface area (Å²) in [5.41, 5.74) is 7.04. The lowest BCUT2D eigenvalue weighted by atomic mass is 9.94. The van der Waals surface area contributed by atoms with Crippen LogP contribution in [0.4, 0.5) is 10.1 Å². The lowest BCUT2D eigenvalue weighted by Gasteiger charge is -2.21. The Labute approximate surface area is 234 Å². The average Bonchev–Trinajstić information content (AvgIpc) is 3.62. The van der Waals surface area contributed by atoms with Crippen molar-refractivity contribution in [1.82, 2.24) is 35.5 Å². The molecule has 0 aliphatic carbocycles. The predicted octanol–water partition coefficient (Wildman–Crippen LogP) is 5.70. The molecule has 0 saturated carbocycles. The number of hydrogen-bond donors (Lipinski definition) is 4. The Balaban J connectivity index is 1.19. The molecule has 1 fully saturated rings. The second-order valence-corrected chi connectivity index (χ2v) is 10.4. The molecular weight excluding hydrogens is 519 g/mol. The zero-order valence-corrected chi connectivity index (χ0v) is 22.1. The van der Waals surface area contributed by atoms with Crippen molar-refractivity contribution in [3.8, 4) is 33.8 Å². The van der Waals surface area contributed by atoms with Gasteiger partial charge in [-0.25, -0.2) is 9.37 Å². The van der Waals surface area contributed by atoms with Crippen molar-refractivity contribution in [2.75, 3.05) is 18.4 Å². The molecule has 0 unspecified atom stereocenters. The molecule has 1 aromatic carbocycles. The molecule has 10 heteroatoms. The number of nitrogens with zero attached hydrogens (tertiary/aromatic N) is 4. The Morgan fingerprint density at radius 2 is 1.76 bits per heavy atom. The van der Waals surface area contributed by atoms with Gasteiger partial charge in [0.05, 0.1) is 29.0 Å². The van der Waals surface area contributed by atoms with Crippen molar-refractivity contribution < 1.29 is 9.18 Å². The van der Waals surface area contributed by atoms with Crippen molar-refractivity contribution >= 4 is 33.5 Å². The standard InChI is InChI=1S/C31H27FN8O/c32-22-3-1-19(2-4-22)29-24-14-27(38-26(24)7-10-35-29)30-25-13-21(16-36-31(25)40-39-30)20-12-23(17-34-15-20)37-28(41)11-18-5-8-33-9-6-18/h1-4,7,10,12-18,33,38H,5-6,8-9,11H2,(H,37,41)(H,36,39,40). The minimum Gasteiger partial charge on any atom is -0.353 e. The molecule has 1 aliphatic heterocycles. The summed E-state index contributed by atoms with van der Waals surface area (Å²) in [5.74, 6) is 0.129. The number of amides is 1. The van der Waals surface area contributed by atoms with Gasteiger partial charge in [0.15, 0.2) is 5.65 Å². The van der Waals surface area contributed by atoms with E-state index < -0.39 is 0 Å². The Kier molecular flexibility index (Phi) is 6.44. The van der Waals surface area contributed by atoms with Gasteiger partial charge in [0.2, 0.25) is 5.91 Å². The molecule has 5 aromatic heterocycles. The summed E-state index contributed by atoms with van der Waals surface area (Å²) in [4.78, 5) is 29.6. The number of fused-ring (bicyclic) bond motifs is 2. The molecule has 0 spiro atoms. The third-order valence-electron chi connectivity index (χ3n) is 7.63. The maximum absolute atomic E-state index is 13.5. The third-order valence-corrected chi connectivity index (χ3v) is 7.63. The fourth-order valence-electron chi connectivity index (χ4n) is 5.52. The number of carbonyl (C=O) groups excluding carboxylic acids is 1. The Morgan fingerprint density at radius 1 is 0.927 bits per heavy atom. The monoisotopic (exact) mass is 546 g/mol. The van der Waals surface area contributed by atoms with Crippen molar-refractivity contribution in [3.63, 3.8) is 0 Å². The summed E-state index contributed by atoms with van der Waals surface area (Å²) < 4.78 is 13.5. The molecule has 4 N–H and O–H groups in total. The van der Waals surface area contributed by atoms with Crippen molar-refractivity contribution in [2.45, 2.75) is 19.3 Å². The van der Waals surface area contributed by atoms with Crippen LogP contribution in [0.2, 0.25) is 0 Å². The van der Waals surface area contributed by atoms with Crippen molar-refractivity contribution in [3.05, 3.63) is 79.1 Å². The maximum Gasteiger partial charge on any atom is 0.224 e. The first-order valence-corrected chi connectivity index (χ1v) is 13.6. The highest BCUT2D eigenvalue weighted by molar-refractivity contribution is 6.00. The van der Waals surface area contributed by atoms with E-state index in [0.717, 1.165) is 76.0 Å². The number of hydrogen-bond acceptors (Lipinski definition) is 6. The number of carbonyl (C=O) groups is 1. The highest BCUT2D eigenvalue weighted by Gasteiger charge is 2.18. The van der Waals surface area contributed by atoms with Gasteiger partial charge in [-0.1, -0.05) is 0 Å². The third kappa shape index (κ3) is 5.05. The zero-order valence-electron chi connectivity index (χ0n) is 22.1. The largest absolute Gasteiger partial charge is 0.353 e. The lowest BCUT2D eigenvalue weighted by molar-refractivity contribution is -0.117. The molecule has 1 saturated heterocycles. The number of benzene rings is 1. The van der Waals surface area contributed by atoms with Crippen LogP contribution in [0.15, 0.2) is 73.3 Å². The first-order valence-electron chi connectivity index (χ1n) is 13.6. The molecule has 1 aliphatic rings. The summed E-state index contributed by atoms with van der Waals surface area (Å²) in [7, 11) is 0. The molecule has 7 rings (SSSR count). The second-order valence-electron chi connectivity index (χ2n) is 10.4. The van der Waals surface area contributed by atoms with Crippen LogP contribution in [0.3, 0.4) is 0 Å². The number of halogens is 1. The van der Waals surface area contributed by atoms with Gasteiger partial charge in [-0.15, -0.1) is 0 Å². The van der Waals surface area contributed by atoms with Gasteiger partial charge < -0.3 is 15.6 Å². The number of nitrogens with one attached hydrogen (secondary N) is 4. The number of rotatable bonds is 6. The van der Waals surface area contributed by atoms with E-state index in [1.54, 1.807) is 36.9 Å². The quantitative estimate of drug-likeness (QED) is 0.213. The van der Waals surface area contributed by atoms with E-state index in [2.05, 4.69) is 40.8 Å². The Bertz CT molecular complexity index is 1870. The van der Waals surface area contributed by atoms with Gasteiger partial charge in [0.1, 0.15) is 5.82 Å². The SMILES string of the molecule is O=C(CC1CCNCC1)Nc1cncc(-c2cnc3n[nH]c(-c4cc5c(-c6ccc(F)cc6)nccc5[nH]4)c3c2)c1. The first kappa shape index (κ1) is 25.0. The summed E-state index contributed by atoms with van der Waals surface area (Å²) in [6.45, 7) is 1.93. The van der Waals surface area contributed by atoms with Crippen LogP contribution in [0.1, 0.15) is 19.3 Å². The lowest BCUT2D eigenvalue weighted by Crippen LogP contribution is -2.30. The predicted molar refractivity (Wildman–Crippen MR) is 156 cm³/mol. The minimum atomic E-state index is -0.289. The number of pyridine rings is 3. The molecule has 6 aromatic rings. The molecule has 6 heterocycles. The summed E-state index contributed by atoms with van der Waals surface area (Å²) in [6, 6.07) is 14.2. The molecule has 0 atom stereocenters. The molecule has 9 nitrogen and oxygen atoms in total. The van der Waals surface area contributed by atoms with Crippen LogP contribution in [0.5, 0.6) is 0 Å². The van der Waals surface area contributed by atoms with E-state index in [0.29, 0.717) is 23.7 Å². The van der Waals surface area contributed by atoms with Gasteiger partial charge in [-0.3, -0.25) is 19.9 Å². The second kappa shape index (κ2) is 10.5. The summed E-state index contributed by atoms with van der Waals surface area (Å²) in [6.07, 6.45) is 9.46. The molecule has 1 amide bonds. The Morgan fingerprint density at radius 3 is 2.61 bits per heavy atom. The fourth-order valence-corrected chi connectivity index (χ4v) is 5.52. The van der Waals surface area contributed by atoms with Gasteiger partial charge in [0, 0.05) is 58.0 Å². The van der Waals surface area contributed by atoms with E-state index in [1.807, 2.05) is 24.3 Å². The number of piperidine rings is 1. The molecule has 41 heavy (non-hydrogen) atoms. The van der Waals surface area contributed by atoms with Crippen LogP contribution >= 0.6 is 0 Å². The minimum absolute atomic E-state index is 0.00913. The van der Waals surface area contributed by atoms with Crippen LogP contribution in [0, 0.1) is 11.7 Å². The normalized spacial score (nSPS) is 14.1. The topological polar surface area (TPSA) is 124 Å². The number of anilines is 1. The van der Waals surface area contributed by atoms with Crippen LogP contribution in [-0.2, 0) is 4.79 Å². The molecule has 0 bridgehead atoms. The maximum atomic E-state index is 13.5. The van der Waals surface area contributed by atoms with Crippen LogP contribution in [0.25, 0.3) is 55.7 Å². The highest BCUT2D eigenvalue weighted by Crippen LogP contribution is 2.34. The van der Waals surface area contributed by atoms with E-state index in [-0.39, 0.29) is 11.7 Å². The van der Waals surface area contributed by atoms with Gasteiger partial charge >= 0.3 is 0 Å². The van der Waals surface area contributed by atoms with Gasteiger partial charge in [0.25, 0.3) is 0 Å². The fraction of sp³-hybridized carbons (Fsp3) is 0.194. The number of aromatic amines is 2. The van der Waals surface area contributed by atoms with Crippen LogP contribution in [-0.4, -0.2) is 49.1 Å². The van der Waals surface area contributed by atoms with Crippen molar-refractivity contribution in [1.29, 1.82) is 0 Å². The van der Waals surface area contributed by atoms with E-state index in [9.17, 15) is 9.18 Å².